The molecular formula is C15H22FN3O. The molecule has 2 amide bonds. The molecular weight excluding hydrogens is 257 g/mol. The molecule has 0 aromatic heterocycles. The van der Waals surface area contributed by atoms with Gasteiger partial charge in [-0.2, -0.15) is 0 Å². The van der Waals surface area contributed by atoms with Crippen LogP contribution in [0.3, 0.4) is 0 Å². The third kappa shape index (κ3) is 3.48. The predicted octanol–water partition coefficient (Wildman–Crippen LogP) is 2.68. The highest BCUT2D eigenvalue weighted by Gasteiger charge is 2.29. The number of nitrogens with one attached hydrogen (secondary N) is 2. The van der Waals surface area contributed by atoms with Crippen molar-refractivity contribution in [3.05, 3.63) is 30.1 Å². The van der Waals surface area contributed by atoms with E-state index in [1.165, 1.54) is 12.1 Å². The largest absolute Gasteiger partial charge is 0.324 e. The van der Waals surface area contributed by atoms with Crippen LogP contribution in [-0.2, 0) is 0 Å². The monoisotopic (exact) mass is 279 g/mol. The number of anilines is 1. The minimum atomic E-state index is -0.302. The van der Waals surface area contributed by atoms with Gasteiger partial charge >= 0.3 is 6.03 Å². The number of rotatable bonds is 3. The molecule has 5 heteroatoms. The van der Waals surface area contributed by atoms with E-state index in [1.54, 1.807) is 12.1 Å². The first-order valence-electron chi connectivity index (χ1n) is 7.12. The second-order valence-corrected chi connectivity index (χ2v) is 5.24. The SMILES string of the molecule is CCC1CN(C(=O)Nc2ccc(F)cc2)CCC1NC. The van der Waals surface area contributed by atoms with Crippen molar-refractivity contribution in [1.82, 2.24) is 10.2 Å². The van der Waals surface area contributed by atoms with Gasteiger partial charge in [-0.1, -0.05) is 13.3 Å². The minimum absolute atomic E-state index is 0.107. The maximum absolute atomic E-state index is 12.8. The summed E-state index contributed by atoms with van der Waals surface area (Å²) in [5.41, 5.74) is 0.625. The number of piperidine rings is 1. The van der Waals surface area contributed by atoms with Crippen molar-refractivity contribution in [2.24, 2.45) is 5.92 Å². The van der Waals surface area contributed by atoms with Gasteiger partial charge in [0.25, 0.3) is 0 Å². The van der Waals surface area contributed by atoms with Gasteiger partial charge in [-0.05, 0) is 43.7 Å². The molecule has 2 N–H and O–H groups in total. The Morgan fingerprint density at radius 3 is 2.70 bits per heavy atom. The quantitative estimate of drug-likeness (QED) is 0.893. The van der Waals surface area contributed by atoms with E-state index >= 15 is 0 Å². The van der Waals surface area contributed by atoms with Gasteiger partial charge in [-0.15, -0.1) is 0 Å². The molecule has 4 nitrogen and oxygen atoms in total. The number of carbonyl (C=O) groups is 1. The van der Waals surface area contributed by atoms with E-state index in [4.69, 9.17) is 0 Å². The highest BCUT2D eigenvalue weighted by atomic mass is 19.1. The van der Waals surface area contributed by atoms with Crippen molar-refractivity contribution in [1.29, 1.82) is 0 Å². The summed E-state index contributed by atoms with van der Waals surface area (Å²) in [5, 5.41) is 6.14. The average molecular weight is 279 g/mol. The molecule has 1 aromatic rings. The van der Waals surface area contributed by atoms with Crippen LogP contribution in [0.15, 0.2) is 24.3 Å². The molecule has 1 saturated heterocycles. The Labute approximate surface area is 119 Å². The molecule has 20 heavy (non-hydrogen) atoms. The lowest BCUT2D eigenvalue weighted by atomic mass is 9.90. The molecule has 1 aliphatic heterocycles. The highest BCUT2D eigenvalue weighted by molar-refractivity contribution is 5.89. The van der Waals surface area contributed by atoms with Gasteiger partial charge in [0.1, 0.15) is 5.82 Å². The molecule has 1 heterocycles. The van der Waals surface area contributed by atoms with E-state index in [0.717, 1.165) is 25.9 Å². The molecule has 2 unspecified atom stereocenters. The van der Waals surface area contributed by atoms with Gasteiger partial charge in [0.05, 0.1) is 0 Å². The summed E-state index contributed by atoms with van der Waals surface area (Å²) in [6.07, 6.45) is 2.01. The topological polar surface area (TPSA) is 44.4 Å². The second-order valence-electron chi connectivity index (χ2n) is 5.24. The number of amides is 2. The number of benzene rings is 1. The van der Waals surface area contributed by atoms with Crippen LogP contribution < -0.4 is 10.6 Å². The summed E-state index contributed by atoms with van der Waals surface area (Å²) in [4.78, 5) is 14.0. The first-order chi connectivity index (χ1) is 9.63. The van der Waals surface area contributed by atoms with Gasteiger partial charge < -0.3 is 15.5 Å². The second kappa shape index (κ2) is 6.70. The van der Waals surface area contributed by atoms with Crippen LogP contribution in [0, 0.1) is 11.7 Å². The Hall–Kier alpha value is -1.62. The molecule has 1 fully saturated rings. The number of hydrogen-bond acceptors (Lipinski definition) is 2. The first kappa shape index (κ1) is 14.8. The molecule has 0 bridgehead atoms. The molecule has 1 aromatic carbocycles. The fourth-order valence-electron chi connectivity index (χ4n) is 2.75. The van der Waals surface area contributed by atoms with Crippen LogP contribution in [0.25, 0.3) is 0 Å². The molecule has 0 radical (unpaired) electrons. The fraction of sp³-hybridized carbons (Fsp3) is 0.533. The summed E-state index contributed by atoms with van der Waals surface area (Å²) in [5.74, 6) is 0.177. The van der Waals surface area contributed by atoms with Crippen molar-refractivity contribution < 1.29 is 9.18 Å². The Morgan fingerprint density at radius 2 is 2.10 bits per heavy atom. The molecule has 0 aliphatic carbocycles. The maximum Gasteiger partial charge on any atom is 0.321 e. The van der Waals surface area contributed by atoms with Gasteiger partial charge in [0.15, 0.2) is 0 Å². The first-order valence-corrected chi connectivity index (χ1v) is 7.12. The van der Waals surface area contributed by atoms with Crippen LogP contribution in [-0.4, -0.2) is 37.1 Å². The maximum atomic E-state index is 12.8. The number of nitrogens with zero attached hydrogens (tertiary/aromatic N) is 1. The normalized spacial score (nSPS) is 22.6. The summed E-state index contributed by atoms with van der Waals surface area (Å²) in [6, 6.07) is 6.21. The molecule has 2 rings (SSSR count). The number of halogens is 1. The molecule has 110 valence electrons. The van der Waals surface area contributed by atoms with Crippen molar-refractivity contribution in [2.75, 3.05) is 25.5 Å². The third-order valence-corrected chi connectivity index (χ3v) is 4.01. The molecule has 0 spiro atoms. The Balaban J connectivity index is 1.94. The van der Waals surface area contributed by atoms with E-state index < -0.39 is 0 Å². The van der Waals surface area contributed by atoms with Gasteiger partial charge in [-0.25, -0.2) is 9.18 Å². The summed E-state index contributed by atoms with van der Waals surface area (Å²) < 4.78 is 12.8. The smallest absolute Gasteiger partial charge is 0.321 e. The van der Waals surface area contributed by atoms with Gasteiger partial charge in [0, 0.05) is 24.8 Å². The predicted molar refractivity (Wildman–Crippen MR) is 78.2 cm³/mol. The summed E-state index contributed by atoms with van der Waals surface area (Å²) in [6.45, 7) is 3.65. The van der Waals surface area contributed by atoms with E-state index in [2.05, 4.69) is 17.6 Å². The minimum Gasteiger partial charge on any atom is -0.324 e. The highest BCUT2D eigenvalue weighted by Crippen LogP contribution is 2.21. The van der Waals surface area contributed by atoms with Crippen LogP contribution in [0.4, 0.5) is 14.9 Å². The standard InChI is InChI=1S/C15H22FN3O/c1-3-11-10-19(9-8-14(11)17-2)15(20)18-13-6-4-12(16)5-7-13/h4-7,11,14,17H,3,8-10H2,1-2H3,(H,18,20). The van der Waals surface area contributed by atoms with Crippen molar-refractivity contribution in [3.8, 4) is 0 Å². The van der Waals surface area contributed by atoms with Crippen molar-refractivity contribution in [2.45, 2.75) is 25.8 Å². The van der Waals surface area contributed by atoms with Crippen molar-refractivity contribution >= 4 is 11.7 Å². The van der Waals surface area contributed by atoms with E-state index in [-0.39, 0.29) is 11.8 Å². The van der Waals surface area contributed by atoms with Gasteiger partial charge in [-0.3, -0.25) is 0 Å². The zero-order valence-electron chi connectivity index (χ0n) is 12.0. The molecule has 2 atom stereocenters. The number of likely N-dealkylation sites (tertiary alicyclic amines) is 1. The zero-order chi connectivity index (χ0) is 14.5. The lowest BCUT2D eigenvalue weighted by Gasteiger charge is -2.38. The Morgan fingerprint density at radius 1 is 1.40 bits per heavy atom. The molecule has 1 aliphatic rings. The lowest BCUT2D eigenvalue weighted by Crippen LogP contribution is -2.51. The fourth-order valence-corrected chi connectivity index (χ4v) is 2.75. The average Bonchev–Trinajstić information content (AvgIpc) is 2.48. The summed E-state index contributed by atoms with van der Waals surface area (Å²) >= 11 is 0. The number of carbonyl (C=O) groups excluding carboxylic acids is 1. The van der Waals surface area contributed by atoms with Crippen molar-refractivity contribution in [3.63, 3.8) is 0 Å². The van der Waals surface area contributed by atoms with Crippen LogP contribution in [0.1, 0.15) is 19.8 Å². The van der Waals surface area contributed by atoms with E-state index in [0.29, 0.717) is 17.6 Å². The third-order valence-electron chi connectivity index (χ3n) is 4.01. The number of hydrogen-bond donors (Lipinski definition) is 2. The van der Waals surface area contributed by atoms with Crippen LogP contribution >= 0.6 is 0 Å². The van der Waals surface area contributed by atoms with Crippen LogP contribution in [0.2, 0.25) is 0 Å². The van der Waals surface area contributed by atoms with Gasteiger partial charge in [0.2, 0.25) is 0 Å². The zero-order valence-corrected chi connectivity index (χ0v) is 12.0. The van der Waals surface area contributed by atoms with Crippen LogP contribution in [0.5, 0.6) is 0 Å². The van der Waals surface area contributed by atoms with E-state index in [1.807, 2.05) is 11.9 Å². The Bertz CT molecular complexity index is 449. The number of urea groups is 1. The van der Waals surface area contributed by atoms with E-state index in [9.17, 15) is 9.18 Å². The Kier molecular flexibility index (Phi) is 4.95. The molecule has 0 saturated carbocycles. The lowest BCUT2D eigenvalue weighted by molar-refractivity contribution is 0.154. The summed E-state index contributed by atoms with van der Waals surface area (Å²) in [7, 11) is 1.97.